The van der Waals surface area contributed by atoms with Gasteiger partial charge in [-0.1, -0.05) is 12.1 Å². The zero-order valence-electron chi connectivity index (χ0n) is 11.3. The lowest BCUT2D eigenvalue weighted by atomic mass is 10.1. The van der Waals surface area contributed by atoms with Crippen LogP contribution in [-0.4, -0.2) is 40.4 Å². The topological polar surface area (TPSA) is 91.7 Å². The summed E-state index contributed by atoms with van der Waals surface area (Å²) in [5.41, 5.74) is -1.86. The number of aliphatic hydroxyl groups is 1. The van der Waals surface area contributed by atoms with Crippen LogP contribution in [0.1, 0.15) is 6.92 Å². The number of carbonyl (C=O) groups is 1. The van der Waals surface area contributed by atoms with Gasteiger partial charge in [-0.2, -0.15) is 0 Å². The summed E-state index contributed by atoms with van der Waals surface area (Å²) in [4.78, 5) is 15.0. The highest BCUT2D eigenvalue weighted by atomic mass is 16.5. The predicted octanol–water partition coefficient (Wildman–Crippen LogP) is 1.49. The predicted molar refractivity (Wildman–Crippen MR) is 75.0 cm³/mol. The van der Waals surface area contributed by atoms with Crippen molar-refractivity contribution < 1.29 is 19.7 Å². The summed E-state index contributed by atoms with van der Waals surface area (Å²) in [5, 5.41) is 23.1. The molecule has 2 aromatic rings. The normalized spacial score (nSPS) is 13.8. The van der Waals surface area contributed by atoms with E-state index in [1.165, 1.54) is 6.92 Å². The van der Waals surface area contributed by atoms with Gasteiger partial charge in [-0.15, -0.1) is 0 Å². The van der Waals surface area contributed by atoms with E-state index in [4.69, 9.17) is 9.84 Å². The van der Waals surface area contributed by atoms with Gasteiger partial charge in [0.1, 0.15) is 11.6 Å². The van der Waals surface area contributed by atoms with Gasteiger partial charge in [0.2, 0.25) is 0 Å². The number of benzene rings is 1. The molecule has 0 radical (unpaired) electrons. The summed E-state index contributed by atoms with van der Waals surface area (Å²) in [6.45, 7) is 1.08. The molecule has 20 heavy (non-hydrogen) atoms. The monoisotopic (exact) mass is 276 g/mol. The molecule has 0 saturated heterocycles. The lowest BCUT2D eigenvalue weighted by molar-refractivity contribution is -0.155. The maximum absolute atomic E-state index is 10.9. The molecule has 0 aliphatic rings. The lowest BCUT2D eigenvalue weighted by Crippen LogP contribution is -2.41. The van der Waals surface area contributed by atoms with Gasteiger partial charge in [0.05, 0.1) is 13.7 Å². The highest BCUT2D eigenvalue weighted by Gasteiger charge is 2.29. The number of aromatic nitrogens is 1. The molecule has 0 aliphatic carbocycles. The highest BCUT2D eigenvalue weighted by Crippen LogP contribution is 2.29. The Morgan fingerprint density at radius 1 is 1.40 bits per heavy atom. The number of anilines is 1. The van der Waals surface area contributed by atoms with Crippen LogP contribution in [0, 0.1) is 0 Å². The fourth-order valence-electron chi connectivity index (χ4n) is 1.83. The van der Waals surface area contributed by atoms with Crippen molar-refractivity contribution in [1.82, 2.24) is 4.98 Å². The number of rotatable bonds is 5. The summed E-state index contributed by atoms with van der Waals surface area (Å²) >= 11 is 0. The third-order valence-corrected chi connectivity index (χ3v) is 3.05. The molecular formula is C14H16N2O4. The van der Waals surface area contributed by atoms with Gasteiger partial charge in [0.25, 0.3) is 0 Å². The molecule has 0 spiro atoms. The van der Waals surface area contributed by atoms with Crippen LogP contribution >= 0.6 is 0 Å². The molecule has 0 amide bonds. The van der Waals surface area contributed by atoms with E-state index in [0.29, 0.717) is 11.6 Å². The van der Waals surface area contributed by atoms with E-state index in [-0.39, 0.29) is 6.54 Å². The molecule has 0 aliphatic heterocycles. The molecule has 1 atom stereocenters. The highest BCUT2D eigenvalue weighted by molar-refractivity contribution is 5.96. The van der Waals surface area contributed by atoms with E-state index < -0.39 is 11.6 Å². The number of ether oxygens (including phenoxy) is 1. The van der Waals surface area contributed by atoms with Gasteiger partial charge in [0, 0.05) is 17.0 Å². The minimum atomic E-state index is -1.86. The number of carboxylic acid groups (broad SMARTS) is 1. The molecule has 0 fully saturated rings. The van der Waals surface area contributed by atoms with E-state index in [0.717, 1.165) is 10.8 Å². The van der Waals surface area contributed by atoms with Crippen LogP contribution in [0.15, 0.2) is 30.5 Å². The van der Waals surface area contributed by atoms with Crippen molar-refractivity contribution in [2.45, 2.75) is 12.5 Å². The number of hydrogen-bond donors (Lipinski definition) is 3. The molecule has 6 nitrogen and oxygen atoms in total. The van der Waals surface area contributed by atoms with Crippen molar-refractivity contribution in [1.29, 1.82) is 0 Å². The van der Waals surface area contributed by atoms with Gasteiger partial charge in [0.15, 0.2) is 5.60 Å². The third kappa shape index (κ3) is 2.65. The Kier molecular flexibility index (Phi) is 3.76. The zero-order valence-corrected chi connectivity index (χ0v) is 11.3. The first kappa shape index (κ1) is 14.1. The van der Waals surface area contributed by atoms with Crippen molar-refractivity contribution in [2.24, 2.45) is 0 Å². The van der Waals surface area contributed by atoms with Gasteiger partial charge < -0.3 is 20.3 Å². The number of nitrogens with zero attached hydrogens (tertiary/aromatic N) is 1. The molecule has 3 N–H and O–H groups in total. The second kappa shape index (κ2) is 5.34. The standard InChI is InChI=1S/C14H16N2O4/c1-14(19,13(17)18)8-16-12-10-4-3-5-11(20-2)9(10)6-7-15-12/h3-7,19H,8H2,1-2H3,(H,15,16)(H,17,18). The summed E-state index contributed by atoms with van der Waals surface area (Å²) < 4.78 is 5.27. The van der Waals surface area contributed by atoms with Crippen LogP contribution < -0.4 is 10.1 Å². The van der Waals surface area contributed by atoms with Crippen molar-refractivity contribution in [3.63, 3.8) is 0 Å². The van der Waals surface area contributed by atoms with Crippen LogP contribution in [0.2, 0.25) is 0 Å². The molecule has 1 aromatic heterocycles. The average molecular weight is 276 g/mol. The van der Waals surface area contributed by atoms with E-state index in [9.17, 15) is 9.90 Å². The van der Waals surface area contributed by atoms with Gasteiger partial charge in [-0.3, -0.25) is 0 Å². The van der Waals surface area contributed by atoms with Crippen LogP contribution in [0.4, 0.5) is 5.82 Å². The van der Waals surface area contributed by atoms with E-state index >= 15 is 0 Å². The number of methoxy groups -OCH3 is 1. The average Bonchev–Trinajstić information content (AvgIpc) is 2.44. The Labute approximate surface area is 116 Å². The molecule has 1 heterocycles. The molecule has 0 bridgehead atoms. The molecule has 1 unspecified atom stereocenters. The first-order chi connectivity index (χ1) is 9.45. The fourth-order valence-corrected chi connectivity index (χ4v) is 1.83. The number of aliphatic carboxylic acids is 1. The minimum Gasteiger partial charge on any atom is -0.496 e. The van der Waals surface area contributed by atoms with Crippen LogP contribution in [-0.2, 0) is 4.79 Å². The van der Waals surface area contributed by atoms with Gasteiger partial charge >= 0.3 is 5.97 Å². The summed E-state index contributed by atoms with van der Waals surface area (Å²) in [6, 6.07) is 7.32. The second-order valence-electron chi connectivity index (χ2n) is 4.65. The molecule has 106 valence electrons. The van der Waals surface area contributed by atoms with E-state index in [1.54, 1.807) is 13.3 Å². The molecule has 6 heteroatoms. The van der Waals surface area contributed by atoms with Crippen LogP contribution in [0.5, 0.6) is 5.75 Å². The summed E-state index contributed by atoms with van der Waals surface area (Å²) in [7, 11) is 1.58. The van der Waals surface area contributed by atoms with Crippen molar-refractivity contribution >= 4 is 22.6 Å². The largest absolute Gasteiger partial charge is 0.496 e. The maximum Gasteiger partial charge on any atom is 0.337 e. The van der Waals surface area contributed by atoms with E-state index in [1.807, 2.05) is 24.3 Å². The SMILES string of the molecule is COc1cccc2c(NCC(C)(O)C(=O)O)nccc12. The Morgan fingerprint density at radius 3 is 2.80 bits per heavy atom. The van der Waals surface area contributed by atoms with E-state index in [2.05, 4.69) is 10.3 Å². The fraction of sp³-hybridized carbons (Fsp3) is 0.286. The smallest absolute Gasteiger partial charge is 0.337 e. The Balaban J connectivity index is 2.34. The molecular weight excluding hydrogens is 260 g/mol. The zero-order chi connectivity index (χ0) is 14.8. The Morgan fingerprint density at radius 2 is 2.15 bits per heavy atom. The number of pyridine rings is 1. The Hall–Kier alpha value is -2.34. The Bertz CT molecular complexity index is 640. The minimum absolute atomic E-state index is 0.147. The number of fused-ring (bicyclic) bond motifs is 1. The summed E-state index contributed by atoms with van der Waals surface area (Å²) in [5.74, 6) is -0.0799. The van der Waals surface area contributed by atoms with Gasteiger partial charge in [-0.05, 0) is 19.1 Å². The van der Waals surface area contributed by atoms with Crippen molar-refractivity contribution in [3.05, 3.63) is 30.5 Å². The molecule has 0 saturated carbocycles. The number of carboxylic acids is 1. The second-order valence-corrected chi connectivity index (χ2v) is 4.65. The van der Waals surface area contributed by atoms with Crippen LogP contribution in [0.25, 0.3) is 10.8 Å². The van der Waals surface area contributed by atoms with Crippen LogP contribution in [0.3, 0.4) is 0 Å². The van der Waals surface area contributed by atoms with Crippen molar-refractivity contribution in [3.8, 4) is 5.75 Å². The van der Waals surface area contributed by atoms with Crippen molar-refractivity contribution in [2.75, 3.05) is 19.0 Å². The molecule has 1 aromatic carbocycles. The number of hydrogen-bond acceptors (Lipinski definition) is 5. The number of nitrogens with one attached hydrogen (secondary N) is 1. The maximum atomic E-state index is 10.9. The first-order valence-corrected chi connectivity index (χ1v) is 6.07. The molecule has 2 rings (SSSR count). The lowest BCUT2D eigenvalue weighted by Gasteiger charge is -2.19. The quantitative estimate of drug-likeness (QED) is 0.766. The first-order valence-electron chi connectivity index (χ1n) is 6.07. The summed E-state index contributed by atoms with van der Waals surface area (Å²) in [6.07, 6.45) is 1.60. The van der Waals surface area contributed by atoms with Gasteiger partial charge in [-0.25, -0.2) is 9.78 Å². The third-order valence-electron chi connectivity index (χ3n) is 3.05.